The number of aliphatic hydroxyl groups excluding tert-OH is 1. The van der Waals surface area contributed by atoms with E-state index in [0.29, 0.717) is 13.0 Å². The van der Waals surface area contributed by atoms with Crippen molar-refractivity contribution < 1.29 is 13.5 Å². The van der Waals surface area contributed by atoms with Crippen LogP contribution in [0.3, 0.4) is 0 Å². The normalized spacial score (nSPS) is 21.4. The largest absolute Gasteiger partial charge is 0.395 e. The lowest BCUT2D eigenvalue weighted by molar-refractivity contribution is 0.213. The summed E-state index contributed by atoms with van der Waals surface area (Å²) in [5, 5.41) is 9.40. The van der Waals surface area contributed by atoms with Crippen LogP contribution in [0.2, 0.25) is 5.02 Å². The van der Waals surface area contributed by atoms with Gasteiger partial charge in [0.1, 0.15) is 4.90 Å². The van der Waals surface area contributed by atoms with Crippen molar-refractivity contribution in [2.75, 3.05) is 13.2 Å². The number of sulfonamides is 1. The SMILES string of the molecule is O=S(=O)(c1ccc(Br)cc1Cl)N1CCCC1CO. The van der Waals surface area contributed by atoms with E-state index in [0.717, 1.165) is 10.9 Å². The maximum atomic E-state index is 12.5. The number of hydrogen-bond acceptors (Lipinski definition) is 3. The van der Waals surface area contributed by atoms with E-state index in [1.165, 1.54) is 10.4 Å². The molecule has 2 rings (SSSR count). The minimum Gasteiger partial charge on any atom is -0.395 e. The summed E-state index contributed by atoms with van der Waals surface area (Å²) >= 11 is 9.22. The highest BCUT2D eigenvalue weighted by Crippen LogP contribution is 2.31. The van der Waals surface area contributed by atoms with Gasteiger partial charge in [0.15, 0.2) is 0 Å². The lowest BCUT2D eigenvalue weighted by Crippen LogP contribution is -2.37. The molecule has 1 fully saturated rings. The zero-order valence-corrected chi connectivity index (χ0v) is 12.7. The summed E-state index contributed by atoms with van der Waals surface area (Å²) in [7, 11) is -3.63. The third-order valence-corrected chi connectivity index (χ3v) is 5.94. The van der Waals surface area contributed by atoms with Crippen LogP contribution in [0.15, 0.2) is 27.6 Å². The summed E-state index contributed by atoms with van der Waals surface area (Å²) in [6, 6.07) is 4.34. The fourth-order valence-corrected chi connectivity index (χ4v) is 4.82. The van der Waals surface area contributed by atoms with Crippen molar-refractivity contribution in [1.29, 1.82) is 0 Å². The van der Waals surface area contributed by atoms with E-state index in [4.69, 9.17) is 11.6 Å². The first-order valence-electron chi connectivity index (χ1n) is 5.54. The zero-order valence-electron chi connectivity index (χ0n) is 9.51. The molecule has 1 heterocycles. The van der Waals surface area contributed by atoms with E-state index >= 15 is 0 Å². The van der Waals surface area contributed by atoms with Crippen LogP contribution in [0.25, 0.3) is 0 Å². The van der Waals surface area contributed by atoms with Crippen molar-refractivity contribution in [1.82, 2.24) is 4.31 Å². The van der Waals surface area contributed by atoms with Gasteiger partial charge in [0.2, 0.25) is 10.0 Å². The molecule has 1 aliphatic rings. The second-order valence-electron chi connectivity index (χ2n) is 4.17. The first-order valence-corrected chi connectivity index (χ1v) is 8.15. The van der Waals surface area contributed by atoms with Crippen molar-refractivity contribution in [3.63, 3.8) is 0 Å². The number of nitrogens with zero attached hydrogens (tertiary/aromatic N) is 1. The van der Waals surface area contributed by atoms with Gasteiger partial charge in [-0.3, -0.25) is 0 Å². The highest BCUT2D eigenvalue weighted by Gasteiger charge is 2.35. The Hall–Kier alpha value is -0.140. The molecule has 1 unspecified atom stereocenters. The van der Waals surface area contributed by atoms with E-state index in [9.17, 15) is 13.5 Å². The van der Waals surface area contributed by atoms with E-state index in [-0.39, 0.29) is 22.6 Å². The molecule has 1 N–H and O–H groups in total. The van der Waals surface area contributed by atoms with Gasteiger partial charge in [0, 0.05) is 17.1 Å². The van der Waals surface area contributed by atoms with Crippen LogP contribution in [-0.2, 0) is 10.0 Å². The lowest BCUT2D eigenvalue weighted by atomic mass is 10.2. The number of hydrogen-bond donors (Lipinski definition) is 1. The molecular formula is C11H13BrClNO3S. The van der Waals surface area contributed by atoms with Gasteiger partial charge in [-0.2, -0.15) is 4.31 Å². The van der Waals surface area contributed by atoms with Gasteiger partial charge in [0.25, 0.3) is 0 Å². The molecular weight excluding hydrogens is 342 g/mol. The second-order valence-corrected chi connectivity index (χ2v) is 7.35. The predicted molar refractivity (Wildman–Crippen MR) is 73.2 cm³/mol. The molecule has 7 heteroatoms. The fraction of sp³-hybridized carbons (Fsp3) is 0.455. The van der Waals surface area contributed by atoms with Gasteiger partial charge in [-0.15, -0.1) is 0 Å². The van der Waals surface area contributed by atoms with Gasteiger partial charge in [-0.1, -0.05) is 27.5 Å². The smallest absolute Gasteiger partial charge is 0.244 e. The second kappa shape index (κ2) is 5.46. The molecule has 4 nitrogen and oxygen atoms in total. The Morgan fingerprint density at radius 3 is 2.83 bits per heavy atom. The minimum atomic E-state index is -3.63. The van der Waals surface area contributed by atoms with Crippen LogP contribution in [0.1, 0.15) is 12.8 Å². The Morgan fingerprint density at radius 2 is 2.22 bits per heavy atom. The van der Waals surface area contributed by atoms with Crippen LogP contribution in [0.4, 0.5) is 0 Å². The number of aliphatic hydroxyl groups is 1. The van der Waals surface area contributed by atoms with E-state index in [1.807, 2.05) is 0 Å². The highest BCUT2D eigenvalue weighted by atomic mass is 79.9. The first-order chi connectivity index (χ1) is 8.46. The van der Waals surface area contributed by atoms with Crippen LogP contribution >= 0.6 is 27.5 Å². The van der Waals surface area contributed by atoms with Crippen LogP contribution in [0.5, 0.6) is 0 Å². The first kappa shape index (κ1) is 14.3. The van der Waals surface area contributed by atoms with E-state index < -0.39 is 10.0 Å². The van der Waals surface area contributed by atoms with Gasteiger partial charge in [0.05, 0.1) is 11.6 Å². The van der Waals surface area contributed by atoms with Gasteiger partial charge >= 0.3 is 0 Å². The van der Waals surface area contributed by atoms with Crippen molar-refractivity contribution in [3.8, 4) is 0 Å². The molecule has 0 amide bonds. The molecule has 1 aromatic rings. The summed E-state index contributed by atoms with van der Waals surface area (Å²) in [5.41, 5.74) is 0. The molecule has 1 aromatic carbocycles. The maximum absolute atomic E-state index is 12.5. The topological polar surface area (TPSA) is 57.6 Å². The Balaban J connectivity index is 2.42. The molecule has 0 saturated carbocycles. The van der Waals surface area contributed by atoms with Crippen molar-refractivity contribution >= 4 is 37.6 Å². The van der Waals surface area contributed by atoms with Crippen LogP contribution in [-0.4, -0.2) is 37.0 Å². The van der Waals surface area contributed by atoms with Crippen molar-refractivity contribution in [2.45, 2.75) is 23.8 Å². The number of rotatable bonds is 3. The third-order valence-electron chi connectivity index (χ3n) is 3.01. The fourth-order valence-electron chi connectivity index (χ4n) is 2.12. The molecule has 0 spiro atoms. The minimum absolute atomic E-state index is 0.0905. The third kappa shape index (κ3) is 2.58. The van der Waals surface area contributed by atoms with E-state index in [2.05, 4.69) is 15.9 Å². The highest BCUT2D eigenvalue weighted by molar-refractivity contribution is 9.10. The molecule has 0 aromatic heterocycles. The Morgan fingerprint density at radius 1 is 1.50 bits per heavy atom. The average molecular weight is 355 g/mol. The Labute approximate surface area is 120 Å². The summed E-state index contributed by atoms with van der Waals surface area (Å²) in [6.07, 6.45) is 1.45. The summed E-state index contributed by atoms with van der Waals surface area (Å²) in [4.78, 5) is 0.0905. The molecule has 1 atom stereocenters. The van der Waals surface area contributed by atoms with Crippen molar-refractivity contribution in [3.05, 3.63) is 27.7 Å². The van der Waals surface area contributed by atoms with Gasteiger partial charge < -0.3 is 5.11 Å². The monoisotopic (exact) mass is 353 g/mol. The summed E-state index contributed by atoms with van der Waals surface area (Å²) < 4.78 is 27.0. The maximum Gasteiger partial charge on any atom is 0.244 e. The van der Waals surface area contributed by atoms with Gasteiger partial charge in [-0.05, 0) is 31.0 Å². The molecule has 0 bridgehead atoms. The molecule has 100 valence electrons. The molecule has 0 radical (unpaired) electrons. The zero-order chi connectivity index (χ0) is 13.3. The summed E-state index contributed by atoms with van der Waals surface area (Å²) in [6.45, 7) is 0.271. The standard InChI is InChI=1S/C11H13BrClNO3S/c12-8-3-4-11(10(13)6-8)18(16,17)14-5-1-2-9(14)7-15/h3-4,6,9,15H,1-2,5,7H2. The van der Waals surface area contributed by atoms with E-state index in [1.54, 1.807) is 12.1 Å². The molecule has 1 saturated heterocycles. The van der Waals surface area contributed by atoms with Crippen LogP contribution < -0.4 is 0 Å². The number of halogens is 2. The number of benzene rings is 1. The molecule has 18 heavy (non-hydrogen) atoms. The Bertz CT molecular complexity index is 549. The summed E-state index contributed by atoms with van der Waals surface area (Å²) in [5.74, 6) is 0. The molecule has 0 aliphatic carbocycles. The van der Waals surface area contributed by atoms with Gasteiger partial charge in [-0.25, -0.2) is 8.42 Å². The predicted octanol–water partition coefficient (Wildman–Crippen LogP) is 2.25. The molecule has 1 aliphatic heterocycles. The van der Waals surface area contributed by atoms with Crippen molar-refractivity contribution in [2.24, 2.45) is 0 Å². The Kier molecular flexibility index (Phi) is 4.33. The van der Waals surface area contributed by atoms with Crippen LogP contribution in [0, 0.1) is 0 Å². The lowest BCUT2D eigenvalue weighted by Gasteiger charge is -2.22. The average Bonchev–Trinajstić information content (AvgIpc) is 2.76. The quantitative estimate of drug-likeness (QED) is 0.906.